The van der Waals surface area contributed by atoms with Crippen molar-refractivity contribution in [3.8, 4) is 0 Å². The maximum absolute atomic E-state index is 10.7. The van der Waals surface area contributed by atoms with Crippen molar-refractivity contribution < 1.29 is 9.59 Å². The zero-order valence-electron chi connectivity index (χ0n) is 7.28. The predicted octanol–water partition coefficient (Wildman–Crippen LogP) is -0.496. The summed E-state index contributed by atoms with van der Waals surface area (Å²) >= 11 is 0. The summed E-state index contributed by atoms with van der Waals surface area (Å²) in [5.41, 5.74) is 10.3. The molecular formula is C8H8KN2O2. The van der Waals surface area contributed by atoms with E-state index in [9.17, 15) is 9.59 Å². The van der Waals surface area contributed by atoms with Gasteiger partial charge in [0.05, 0.1) is 11.1 Å². The quantitative estimate of drug-likeness (QED) is 0.635. The standard InChI is InChI=1S/C8H8N2O2.K/c9-7(11)5-3-1-2-4-6(5)8(10)12;/h1-4H,(H2,9,11)(H2,10,12);. The zero-order chi connectivity index (χ0) is 9.14. The average Bonchev–Trinajstić information content (AvgIpc) is 2.04. The van der Waals surface area contributed by atoms with Crippen LogP contribution in [0.4, 0.5) is 0 Å². The van der Waals surface area contributed by atoms with E-state index in [-0.39, 0.29) is 62.5 Å². The molecule has 2 amide bonds. The number of benzene rings is 1. The van der Waals surface area contributed by atoms with Crippen LogP contribution >= 0.6 is 0 Å². The molecule has 1 aromatic rings. The molecule has 0 saturated heterocycles. The molecule has 0 fully saturated rings. The minimum absolute atomic E-state index is 0. The molecule has 0 unspecified atom stereocenters. The van der Waals surface area contributed by atoms with Crippen LogP contribution in [0.15, 0.2) is 24.3 Å². The number of carbonyl (C=O) groups is 2. The molecule has 0 heterocycles. The van der Waals surface area contributed by atoms with E-state index >= 15 is 0 Å². The van der Waals surface area contributed by atoms with Gasteiger partial charge in [0.2, 0.25) is 11.8 Å². The molecule has 0 spiro atoms. The number of hydrogen-bond acceptors (Lipinski definition) is 2. The van der Waals surface area contributed by atoms with Crippen molar-refractivity contribution >= 4 is 63.2 Å². The molecule has 0 aliphatic carbocycles. The van der Waals surface area contributed by atoms with E-state index in [0.717, 1.165) is 0 Å². The molecule has 0 aliphatic rings. The molecular weight excluding hydrogens is 195 g/mol. The first-order valence-electron chi connectivity index (χ1n) is 3.31. The average molecular weight is 203 g/mol. The van der Waals surface area contributed by atoms with Crippen LogP contribution < -0.4 is 11.5 Å². The second-order valence-corrected chi connectivity index (χ2v) is 2.27. The van der Waals surface area contributed by atoms with Crippen LogP contribution in [0.2, 0.25) is 0 Å². The van der Waals surface area contributed by atoms with E-state index in [1.165, 1.54) is 12.1 Å². The summed E-state index contributed by atoms with van der Waals surface area (Å²) in [5, 5.41) is 0. The molecule has 0 atom stereocenters. The summed E-state index contributed by atoms with van der Waals surface area (Å²) in [7, 11) is 0. The molecule has 1 rings (SSSR count). The molecule has 0 aliphatic heterocycles. The van der Waals surface area contributed by atoms with Gasteiger partial charge in [0.1, 0.15) is 0 Å². The van der Waals surface area contributed by atoms with Gasteiger partial charge in [0.15, 0.2) is 0 Å². The summed E-state index contributed by atoms with van der Waals surface area (Å²) in [6.45, 7) is 0. The molecule has 4 N–H and O–H groups in total. The molecule has 0 bridgehead atoms. The van der Waals surface area contributed by atoms with Crippen LogP contribution in [-0.4, -0.2) is 63.2 Å². The third kappa shape index (κ3) is 3.20. The number of rotatable bonds is 2. The molecule has 1 aromatic carbocycles. The Morgan fingerprint density at radius 2 is 1.23 bits per heavy atom. The topological polar surface area (TPSA) is 86.2 Å². The first kappa shape index (κ1) is 12.8. The van der Waals surface area contributed by atoms with Gasteiger partial charge in [0, 0.05) is 51.4 Å². The number of hydrogen-bond donors (Lipinski definition) is 2. The maximum atomic E-state index is 10.7. The Morgan fingerprint density at radius 1 is 0.923 bits per heavy atom. The molecule has 0 aromatic heterocycles. The first-order valence-corrected chi connectivity index (χ1v) is 3.31. The van der Waals surface area contributed by atoms with Crippen LogP contribution in [0.1, 0.15) is 20.7 Å². The zero-order valence-corrected chi connectivity index (χ0v) is 10.4. The minimum atomic E-state index is -0.649. The number of amides is 2. The largest absolute Gasteiger partial charge is 0.366 e. The van der Waals surface area contributed by atoms with Crippen LogP contribution in [-0.2, 0) is 0 Å². The number of nitrogens with two attached hydrogens (primary N) is 2. The van der Waals surface area contributed by atoms with E-state index in [1.807, 2.05) is 0 Å². The molecule has 0 saturated carbocycles. The van der Waals surface area contributed by atoms with Crippen molar-refractivity contribution in [1.29, 1.82) is 0 Å². The van der Waals surface area contributed by atoms with Crippen LogP contribution in [0.3, 0.4) is 0 Å². The van der Waals surface area contributed by atoms with E-state index in [4.69, 9.17) is 11.5 Å². The van der Waals surface area contributed by atoms with Gasteiger partial charge in [-0.2, -0.15) is 0 Å². The number of primary amides is 2. The summed E-state index contributed by atoms with van der Waals surface area (Å²) in [6.07, 6.45) is 0. The van der Waals surface area contributed by atoms with Gasteiger partial charge in [-0.3, -0.25) is 9.59 Å². The van der Waals surface area contributed by atoms with Crippen molar-refractivity contribution in [3.63, 3.8) is 0 Å². The van der Waals surface area contributed by atoms with Crippen LogP contribution in [0.25, 0.3) is 0 Å². The van der Waals surface area contributed by atoms with E-state index in [1.54, 1.807) is 12.1 Å². The summed E-state index contributed by atoms with van der Waals surface area (Å²) < 4.78 is 0. The van der Waals surface area contributed by atoms with E-state index < -0.39 is 11.8 Å². The Morgan fingerprint density at radius 3 is 1.46 bits per heavy atom. The molecule has 4 nitrogen and oxygen atoms in total. The fourth-order valence-electron chi connectivity index (χ4n) is 0.913. The van der Waals surface area contributed by atoms with Crippen molar-refractivity contribution in [2.45, 2.75) is 0 Å². The van der Waals surface area contributed by atoms with Crippen molar-refractivity contribution in [2.75, 3.05) is 0 Å². The first-order chi connectivity index (χ1) is 5.63. The normalized spacial score (nSPS) is 8.62. The Balaban J connectivity index is 0.00000144. The molecule has 5 heteroatoms. The Kier molecular flexibility index (Phi) is 5.42. The van der Waals surface area contributed by atoms with Gasteiger partial charge in [-0.1, -0.05) is 12.1 Å². The second-order valence-electron chi connectivity index (χ2n) is 2.27. The van der Waals surface area contributed by atoms with E-state index in [2.05, 4.69) is 0 Å². The van der Waals surface area contributed by atoms with E-state index in [0.29, 0.717) is 0 Å². The van der Waals surface area contributed by atoms with Gasteiger partial charge in [0.25, 0.3) is 0 Å². The molecule has 63 valence electrons. The van der Waals surface area contributed by atoms with Gasteiger partial charge in [-0.05, 0) is 12.1 Å². The Bertz CT molecular complexity index is 306. The summed E-state index contributed by atoms with van der Waals surface area (Å²) in [5.74, 6) is -1.30. The SMILES string of the molecule is NC(=O)c1ccccc1C(N)=O.[K]. The Hall–Kier alpha value is -0.204. The van der Waals surface area contributed by atoms with Gasteiger partial charge >= 0.3 is 0 Å². The van der Waals surface area contributed by atoms with Crippen molar-refractivity contribution in [3.05, 3.63) is 35.4 Å². The van der Waals surface area contributed by atoms with Gasteiger partial charge in [-0.15, -0.1) is 0 Å². The minimum Gasteiger partial charge on any atom is -0.366 e. The fourth-order valence-corrected chi connectivity index (χ4v) is 0.913. The number of carbonyl (C=O) groups excluding carboxylic acids is 2. The fraction of sp³-hybridized carbons (Fsp3) is 0. The van der Waals surface area contributed by atoms with Crippen molar-refractivity contribution in [2.24, 2.45) is 11.5 Å². The summed E-state index contributed by atoms with van der Waals surface area (Å²) in [6, 6.07) is 6.16. The molecule has 1 radical (unpaired) electrons. The van der Waals surface area contributed by atoms with Crippen LogP contribution in [0, 0.1) is 0 Å². The third-order valence-corrected chi connectivity index (χ3v) is 1.46. The van der Waals surface area contributed by atoms with Gasteiger partial charge < -0.3 is 11.5 Å². The monoisotopic (exact) mass is 203 g/mol. The predicted molar refractivity (Wildman–Crippen MR) is 49.2 cm³/mol. The Labute approximate surface area is 118 Å². The summed E-state index contributed by atoms with van der Waals surface area (Å²) in [4.78, 5) is 21.5. The third-order valence-electron chi connectivity index (χ3n) is 1.46. The van der Waals surface area contributed by atoms with Gasteiger partial charge in [-0.25, -0.2) is 0 Å². The smallest absolute Gasteiger partial charge is 0.249 e. The second kappa shape index (κ2) is 5.51. The van der Waals surface area contributed by atoms with Crippen molar-refractivity contribution in [1.82, 2.24) is 0 Å². The molecule has 13 heavy (non-hydrogen) atoms. The maximum Gasteiger partial charge on any atom is 0.249 e. The van der Waals surface area contributed by atoms with Crippen LogP contribution in [0.5, 0.6) is 0 Å².